The summed E-state index contributed by atoms with van der Waals surface area (Å²) in [7, 11) is 0. The highest BCUT2D eigenvalue weighted by atomic mass is 15.2. The molecule has 1 saturated carbocycles. The summed E-state index contributed by atoms with van der Waals surface area (Å²) in [5.41, 5.74) is 0.658. The van der Waals surface area contributed by atoms with Gasteiger partial charge in [0.05, 0.1) is 0 Å². The number of nitrogens with zero attached hydrogens (tertiary/aromatic N) is 1. The smallest absolute Gasteiger partial charge is 0.00507 e. The number of hydrogen-bond acceptors (Lipinski definition) is 2. The van der Waals surface area contributed by atoms with Gasteiger partial charge < -0.3 is 10.2 Å². The second-order valence-electron chi connectivity index (χ2n) is 6.06. The first-order valence-electron chi connectivity index (χ1n) is 6.79. The van der Waals surface area contributed by atoms with Gasteiger partial charge in [-0.15, -0.1) is 0 Å². The standard InChI is InChI=1S/C13H24N2/c1-2-8-15(7-1)11-13(5-6-14-10-13)9-12-3-4-12/h12,14H,1-11H2. The van der Waals surface area contributed by atoms with E-state index in [1.54, 1.807) is 0 Å². The quantitative estimate of drug-likeness (QED) is 0.758. The summed E-state index contributed by atoms with van der Waals surface area (Å²) in [6, 6.07) is 0. The summed E-state index contributed by atoms with van der Waals surface area (Å²) < 4.78 is 0. The predicted molar refractivity (Wildman–Crippen MR) is 62.9 cm³/mol. The van der Waals surface area contributed by atoms with E-state index in [4.69, 9.17) is 0 Å². The Morgan fingerprint density at radius 3 is 2.60 bits per heavy atom. The summed E-state index contributed by atoms with van der Waals surface area (Å²) in [4.78, 5) is 2.72. The summed E-state index contributed by atoms with van der Waals surface area (Å²) in [5, 5.41) is 3.59. The molecular weight excluding hydrogens is 184 g/mol. The molecule has 86 valence electrons. The van der Waals surface area contributed by atoms with Crippen LogP contribution in [0.4, 0.5) is 0 Å². The van der Waals surface area contributed by atoms with Gasteiger partial charge in [0.15, 0.2) is 0 Å². The Morgan fingerprint density at radius 2 is 2.00 bits per heavy atom. The fourth-order valence-corrected chi connectivity index (χ4v) is 3.52. The van der Waals surface area contributed by atoms with E-state index >= 15 is 0 Å². The molecule has 1 atom stereocenters. The molecule has 3 aliphatic rings. The molecule has 2 nitrogen and oxygen atoms in total. The highest BCUT2D eigenvalue weighted by Crippen LogP contribution is 2.43. The van der Waals surface area contributed by atoms with E-state index in [1.165, 1.54) is 71.2 Å². The molecule has 3 rings (SSSR count). The Morgan fingerprint density at radius 1 is 1.20 bits per heavy atom. The molecule has 2 saturated heterocycles. The molecule has 15 heavy (non-hydrogen) atoms. The fourth-order valence-electron chi connectivity index (χ4n) is 3.52. The summed E-state index contributed by atoms with van der Waals surface area (Å²) in [6.45, 7) is 6.68. The molecule has 0 aromatic heterocycles. The molecule has 1 aliphatic carbocycles. The largest absolute Gasteiger partial charge is 0.316 e. The van der Waals surface area contributed by atoms with Crippen molar-refractivity contribution in [3.05, 3.63) is 0 Å². The zero-order chi connectivity index (χ0) is 10.1. The van der Waals surface area contributed by atoms with Crippen molar-refractivity contribution < 1.29 is 0 Å². The van der Waals surface area contributed by atoms with Crippen LogP contribution in [0.25, 0.3) is 0 Å². The molecule has 1 unspecified atom stereocenters. The molecule has 0 aromatic carbocycles. The summed E-state index contributed by atoms with van der Waals surface area (Å²) in [6.07, 6.45) is 8.85. The molecule has 2 heteroatoms. The number of likely N-dealkylation sites (tertiary alicyclic amines) is 1. The third kappa shape index (κ3) is 2.36. The second-order valence-corrected chi connectivity index (χ2v) is 6.06. The van der Waals surface area contributed by atoms with Gasteiger partial charge in [-0.25, -0.2) is 0 Å². The van der Waals surface area contributed by atoms with Gasteiger partial charge in [-0.05, 0) is 56.7 Å². The number of hydrogen-bond donors (Lipinski definition) is 1. The van der Waals surface area contributed by atoms with Gasteiger partial charge in [0, 0.05) is 13.1 Å². The third-order valence-electron chi connectivity index (χ3n) is 4.51. The lowest BCUT2D eigenvalue weighted by Gasteiger charge is -2.33. The average molecular weight is 208 g/mol. The summed E-state index contributed by atoms with van der Waals surface area (Å²) >= 11 is 0. The Bertz CT molecular complexity index is 211. The minimum absolute atomic E-state index is 0.658. The molecule has 3 fully saturated rings. The van der Waals surface area contributed by atoms with Crippen LogP contribution in [0.2, 0.25) is 0 Å². The molecule has 0 bridgehead atoms. The first-order chi connectivity index (χ1) is 7.36. The van der Waals surface area contributed by atoms with Crippen molar-refractivity contribution in [3.63, 3.8) is 0 Å². The zero-order valence-electron chi connectivity index (χ0n) is 9.80. The lowest BCUT2D eigenvalue weighted by atomic mass is 9.81. The van der Waals surface area contributed by atoms with Gasteiger partial charge in [-0.1, -0.05) is 12.8 Å². The lowest BCUT2D eigenvalue weighted by molar-refractivity contribution is 0.171. The highest BCUT2D eigenvalue weighted by molar-refractivity contribution is 4.95. The van der Waals surface area contributed by atoms with Gasteiger partial charge in [0.1, 0.15) is 0 Å². The monoisotopic (exact) mass is 208 g/mol. The molecule has 0 radical (unpaired) electrons. The van der Waals surface area contributed by atoms with Crippen molar-refractivity contribution in [2.75, 3.05) is 32.7 Å². The molecular formula is C13H24N2. The van der Waals surface area contributed by atoms with Gasteiger partial charge in [0.2, 0.25) is 0 Å². The van der Waals surface area contributed by atoms with Crippen LogP contribution in [0.3, 0.4) is 0 Å². The van der Waals surface area contributed by atoms with E-state index in [9.17, 15) is 0 Å². The molecule has 0 spiro atoms. The van der Waals surface area contributed by atoms with Crippen molar-refractivity contribution in [3.8, 4) is 0 Å². The molecule has 0 aromatic rings. The van der Waals surface area contributed by atoms with E-state index in [0.29, 0.717) is 5.41 Å². The fraction of sp³-hybridized carbons (Fsp3) is 1.00. The maximum absolute atomic E-state index is 3.59. The van der Waals surface area contributed by atoms with Crippen molar-refractivity contribution in [2.24, 2.45) is 11.3 Å². The van der Waals surface area contributed by atoms with Crippen LogP contribution in [0, 0.1) is 11.3 Å². The van der Waals surface area contributed by atoms with Crippen LogP contribution >= 0.6 is 0 Å². The topological polar surface area (TPSA) is 15.3 Å². The van der Waals surface area contributed by atoms with Crippen LogP contribution in [0.1, 0.15) is 38.5 Å². The summed E-state index contributed by atoms with van der Waals surface area (Å²) in [5.74, 6) is 1.09. The van der Waals surface area contributed by atoms with Crippen molar-refractivity contribution in [2.45, 2.75) is 38.5 Å². The van der Waals surface area contributed by atoms with Crippen LogP contribution in [0.15, 0.2) is 0 Å². The Balaban J connectivity index is 1.60. The zero-order valence-corrected chi connectivity index (χ0v) is 9.80. The van der Waals surface area contributed by atoms with E-state index in [2.05, 4.69) is 10.2 Å². The SMILES string of the molecule is C1CCN(CC2(CC3CC3)CCNC2)C1. The molecule has 0 amide bonds. The molecule has 1 N–H and O–H groups in total. The van der Waals surface area contributed by atoms with Gasteiger partial charge >= 0.3 is 0 Å². The van der Waals surface area contributed by atoms with E-state index in [-0.39, 0.29) is 0 Å². The minimum atomic E-state index is 0.658. The van der Waals surface area contributed by atoms with E-state index in [0.717, 1.165) is 5.92 Å². The molecule has 2 aliphatic heterocycles. The van der Waals surface area contributed by atoms with Gasteiger partial charge in [-0.2, -0.15) is 0 Å². The van der Waals surface area contributed by atoms with Crippen LogP contribution in [-0.2, 0) is 0 Å². The first-order valence-corrected chi connectivity index (χ1v) is 6.79. The Kier molecular flexibility index (Phi) is 2.73. The van der Waals surface area contributed by atoms with Crippen molar-refractivity contribution in [1.82, 2.24) is 10.2 Å². The van der Waals surface area contributed by atoms with Crippen molar-refractivity contribution >= 4 is 0 Å². The number of rotatable bonds is 4. The van der Waals surface area contributed by atoms with Gasteiger partial charge in [0.25, 0.3) is 0 Å². The number of nitrogens with one attached hydrogen (secondary N) is 1. The second kappa shape index (κ2) is 4.06. The Labute approximate surface area is 93.4 Å². The van der Waals surface area contributed by atoms with E-state index < -0.39 is 0 Å². The minimum Gasteiger partial charge on any atom is -0.316 e. The lowest BCUT2D eigenvalue weighted by Crippen LogP contribution is -2.38. The van der Waals surface area contributed by atoms with E-state index in [1.807, 2.05) is 0 Å². The normalized spacial score (nSPS) is 37.6. The molecule has 2 heterocycles. The van der Waals surface area contributed by atoms with Crippen molar-refractivity contribution in [1.29, 1.82) is 0 Å². The third-order valence-corrected chi connectivity index (χ3v) is 4.51. The van der Waals surface area contributed by atoms with Crippen LogP contribution in [0.5, 0.6) is 0 Å². The van der Waals surface area contributed by atoms with Crippen LogP contribution < -0.4 is 5.32 Å². The average Bonchev–Trinajstić information content (AvgIpc) is 2.73. The maximum atomic E-state index is 3.59. The maximum Gasteiger partial charge on any atom is 0.00507 e. The van der Waals surface area contributed by atoms with Gasteiger partial charge in [-0.3, -0.25) is 0 Å². The highest BCUT2D eigenvalue weighted by Gasteiger charge is 2.40. The Hall–Kier alpha value is -0.0800. The van der Waals surface area contributed by atoms with Crippen LogP contribution in [-0.4, -0.2) is 37.6 Å². The predicted octanol–water partition coefficient (Wildman–Crippen LogP) is 1.86. The first kappa shape index (κ1) is 10.1.